The lowest BCUT2D eigenvalue weighted by molar-refractivity contribution is -0.139. The standard InChI is InChI=1S/C25H37N3O4/c1-5-7-8-9-10-11-12-16-21(29)26-20-15-13-14-19(17-20)23-22(24(30)32-6-2)18(3)28(4)25(31)27-23/h13-15,17,23H,5-12,16H2,1-4H3,(H,26,29)(H,27,31). The highest BCUT2D eigenvalue weighted by Crippen LogP contribution is 2.31. The first-order valence-corrected chi connectivity index (χ1v) is 11.7. The summed E-state index contributed by atoms with van der Waals surface area (Å²) in [6.07, 6.45) is 8.60. The second-order valence-electron chi connectivity index (χ2n) is 8.21. The molecule has 1 aromatic carbocycles. The number of allylic oxidation sites excluding steroid dienone is 1. The molecule has 1 unspecified atom stereocenters. The number of nitrogens with one attached hydrogen (secondary N) is 2. The zero-order chi connectivity index (χ0) is 23.5. The third kappa shape index (κ3) is 7.11. The number of hydrogen-bond acceptors (Lipinski definition) is 4. The van der Waals surface area contributed by atoms with E-state index in [1.165, 1.54) is 37.0 Å². The predicted molar refractivity (Wildman–Crippen MR) is 126 cm³/mol. The van der Waals surface area contributed by atoms with Gasteiger partial charge in [-0.05, 0) is 38.0 Å². The molecule has 176 valence electrons. The molecule has 0 saturated carbocycles. The van der Waals surface area contributed by atoms with Crippen molar-refractivity contribution in [2.45, 2.75) is 78.2 Å². The van der Waals surface area contributed by atoms with Crippen LogP contribution in [-0.2, 0) is 14.3 Å². The van der Waals surface area contributed by atoms with E-state index in [1.54, 1.807) is 33.0 Å². The summed E-state index contributed by atoms with van der Waals surface area (Å²) in [4.78, 5) is 38.7. The summed E-state index contributed by atoms with van der Waals surface area (Å²) in [7, 11) is 1.61. The van der Waals surface area contributed by atoms with Crippen LogP contribution in [0.1, 0.15) is 83.7 Å². The van der Waals surface area contributed by atoms with Crippen molar-refractivity contribution in [2.75, 3.05) is 19.0 Å². The molecule has 0 aliphatic carbocycles. The Balaban J connectivity index is 2.03. The van der Waals surface area contributed by atoms with Gasteiger partial charge in [0.1, 0.15) is 0 Å². The molecule has 2 N–H and O–H groups in total. The van der Waals surface area contributed by atoms with Gasteiger partial charge >= 0.3 is 12.0 Å². The van der Waals surface area contributed by atoms with Gasteiger partial charge in [-0.2, -0.15) is 0 Å². The lowest BCUT2D eigenvalue weighted by atomic mass is 9.94. The number of esters is 1. The van der Waals surface area contributed by atoms with Crippen molar-refractivity contribution in [3.8, 4) is 0 Å². The molecule has 0 fully saturated rings. The van der Waals surface area contributed by atoms with Gasteiger partial charge in [0.2, 0.25) is 5.91 Å². The molecule has 32 heavy (non-hydrogen) atoms. The van der Waals surface area contributed by atoms with Crippen LogP contribution in [-0.4, -0.2) is 36.5 Å². The van der Waals surface area contributed by atoms with E-state index in [1.807, 2.05) is 12.1 Å². The van der Waals surface area contributed by atoms with Crippen molar-refractivity contribution in [1.29, 1.82) is 0 Å². The van der Waals surface area contributed by atoms with Crippen LogP contribution < -0.4 is 10.6 Å². The number of ether oxygens (including phenoxy) is 1. The number of benzene rings is 1. The van der Waals surface area contributed by atoms with E-state index in [4.69, 9.17) is 4.74 Å². The van der Waals surface area contributed by atoms with Crippen molar-refractivity contribution in [3.05, 3.63) is 41.1 Å². The van der Waals surface area contributed by atoms with Crippen LogP contribution in [0.2, 0.25) is 0 Å². The van der Waals surface area contributed by atoms with Crippen LogP contribution in [0, 0.1) is 0 Å². The van der Waals surface area contributed by atoms with E-state index in [-0.39, 0.29) is 18.5 Å². The van der Waals surface area contributed by atoms with Gasteiger partial charge in [0.15, 0.2) is 0 Å². The molecule has 1 aromatic rings. The van der Waals surface area contributed by atoms with Crippen LogP contribution in [0.5, 0.6) is 0 Å². The first-order valence-electron chi connectivity index (χ1n) is 11.7. The molecule has 0 radical (unpaired) electrons. The predicted octanol–water partition coefficient (Wildman–Crippen LogP) is 5.30. The third-order valence-corrected chi connectivity index (χ3v) is 5.76. The van der Waals surface area contributed by atoms with Crippen molar-refractivity contribution >= 4 is 23.6 Å². The van der Waals surface area contributed by atoms with E-state index in [2.05, 4.69) is 17.6 Å². The molecule has 1 aliphatic heterocycles. The summed E-state index contributed by atoms with van der Waals surface area (Å²) < 4.78 is 5.22. The van der Waals surface area contributed by atoms with E-state index in [9.17, 15) is 14.4 Å². The van der Waals surface area contributed by atoms with Crippen LogP contribution in [0.3, 0.4) is 0 Å². The minimum Gasteiger partial charge on any atom is -0.463 e. The molecule has 0 aromatic heterocycles. The van der Waals surface area contributed by atoms with Crippen LogP contribution >= 0.6 is 0 Å². The van der Waals surface area contributed by atoms with Crippen molar-refractivity contribution in [1.82, 2.24) is 10.2 Å². The molecule has 7 heteroatoms. The zero-order valence-electron chi connectivity index (χ0n) is 19.8. The highest BCUT2D eigenvalue weighted by atomic mass is 16.5. The average Bonchev–Trinajstić information content (AvgIpc) is 2.77. The van der Waals surface area contributed by atoms with Gasteiger partial charge in [-0.3, -0.25) is 4.79 Å². The first kappa shape index (κ1) is 25.4. The minimum absolute atomic E-state index is 0.0274. The second kappa shape index (κ2) is 12.9. The summed E-state index contributed by atoms with van der Waals surface area (Å²) in [6, 6.07) is 6.30. The Morgan fingerprint density at radius 2 is 1.78 bits per heavy atom. The van der Waals surface area contributed by atoms with E-state index in [0.29, 0.717) is 28.9 Å². The maximum atomic E-state index is 12.6. The normalized spacial score (nSPS) is 16.1. The summed E-state index contributed by atoms with van der Waals surface area (Å²) in [6.45, 7) is 5.92. The molecule has 1 atom stereocenters. The smallest absolute Gasteiger partial charge is 0.338 e. The summed E-state index contributed by atoms with van der Waals surface area (Å²) in [5, 5.41) is 5.80. The fourth-order valence-electron chi connectivity index (χ4n) is 3.82. The Morgan fingerprint density at radius 3 is 2.47 bits per heavy atom. The summed E-state index contributed by atoms with van der Waals surface area (Å²) in [5.74, 6) is -0.490. The summed E-state index contributed by atoms with van der Waals surface area (Å²) >= 11 is 0. The maximum Gasteiger partial charge on any atom is 0.338 e. The van der Waals surface area contributed by atoms with Crippen LogP contribution in [0.4, 0.5) is 10.5 Å². The van der Waals surface area contributed by atoms with E-state index < -0.39 is 12.0 Å². The first-order chi connectivity index (χ1) is 15.4. The van der Waals surface area contributed by atoms with Gasteiger partial charge < -0.3 is 20.3 Å². The van der Waals surface area contributed by atoms with Crippen molar-refractivity contribution in [2.24, 2.45) is 0 Å². The zero-order valence-corrected chi connectivity index (χ0v) is 19.8. The van der Waals surface area contributed by atoms with Gasteiger partial charge in [-0.15, -0.1) is 0 Å². The largest absolute Gasteiger partial charge is 0.463 e. The van der Waals surface area contributed by atoms with Crippen LogP contribution in [0.25, 0.3) is 0 Å². The van der Waals surface area contributed by atoms with Gasteiger partial charge in [0, 0.05) is 24.9 Å². The van der Waals surface area contributed by atoms with Crippen molar-refractivity contribution < 1.29 is 19.1 Å². The Kier molecular flexibility index (Phi) is 10.2. The molecule has 0 saturated heterocycles. The lowest BCUT2D eigenvalue weighted by Gasteiger charge is -2.33. The van der Waals surface area contributed by atoms with E-state index >= 15 is 0 Å². The molecule has 0 spiro atoms. The van der Waals surface area contributed by atoms with Gasteiger partial charge in [0.25, 0.3) is 0 Å². The fourth-order valence-corrected chi connectivity index (χ4v) is 3.82. The average molecular weight is 444 g/mol. The number of unbranched alkanes of at least 4 members (excludes halogenated alkanes) is 6. The molecular weight excluding hydrogens is 406 g/mol. The fraction of sp³-hybridized carbons (Fsp3) is 0.560. The number of nitrogens with zero attached hydrogens (tertiary/aromatic N) is 1. The second-order valence-corrected chi connectivity index (χ2v) is 8.21. The number of carbonyl (C=O) groups is 3. The van der Waals surface area contributed by atoms with Gasteiger partial charge in [-0.1, -0.05) is 57.6 Å². The molecule has 2 rings (SSSR count). The number of hydrogen-bond donors (Lipinski definition) is 2. The highest BCUT2D eigenvalue weighted by Gasteiger charge is 2.35. The van der Waals surface area contributed by atoms with Gasteiger partial charge in [-0.25, -0.2) is 9.59 Å². The monoisotopic (exact) mass is 443 g/mol. The van der Waals surface area contributed by atoms with Gasteiger partial charge in [0.05, 0.1) is 18.2 Å². The van der Waals surface area contributed by atoms with Crippen molar-refractivity contribution in [3.63, 3.8) is 0 Å². The number of rotatable bonds is 12. The Hall–Kier alpha value is -2.83. The SMILES string of the molecule is CCCCCCCCCC(=O)Nc1cccc(C2NC(=O)N(C)C(C)=C2C(=O)OCC)c1. The molecule has 1 heterocycles. The summed E-state index contributed by atoms with van der Waals surface area (Å²) in [5.41, 5.74) is 2.29. The Labute approximate surface area is 191 Å². The molecule has 0 bridgehead atoms. The quantitative estimate of drug-likeness (QED) is 0.339. The van der Waals surface area contributed by atoms with E-state index in [0.717, 1.165) is 12.8 Å². The van der Waals surface area contributed by atoms with Crippen LogP contribution in [0.15, 0.2) is 35.5 Å². The maximum absolute atomic E-state index is 12.6. The number of urea groups is 1. The topological polar surface area (TPSA) is 87.7 Å². The third-order valence-electron chi connectivity index (χ3n) is 5.76. The molecular formula is C25H37N3O4. The number of anilines is 1. The Bertz CT molecular complexity index is 834. The minimum atomic E-state index is -0.641. The highest BCUT2D eigenvalue weighted by molar-refractivity contribution is 5.95. The molecule has 3 amide bonds. The Morgan fingerprint density at radius 1 is 1.09 bits per heavy atom. The number of amides is 3. The molecule has 7 nitrogen and oxygen atoms in total. The number of carbonyl (C=O) groups excluding carboxylic acids is 3. The molecule has 1 aliphatic rings. The lowest BCUT2D eigenvalue weighted by Crippen LogP contribution is -2.46.